The molecule has 1 aliphatic heterocycles. The smallest absolute Gasteiger partial charge is 0.223 e. The zero-order valence-electron chi connectivity index (χ0n) is 22.6. The maximum Gasteiger partial charge on any atom is 0.223 e. The van der Waals surface area contributed by atoms with Crippen LogP contribution in [-0.4, -0.2) is 62.7 Å². The van der Waals surface area contributed by atoms with Crippen molar-refractivity contribution in [2.24, 2.45) is 0 Å². The van der Waals surface area contributed by atoms with Crippen LogP contribution in [0, 0.1) is 6.92 Å². The Balaban J connectivity index is 1.45. The highest BCUT2D eigenvalue weighted by Crippen LogP contribution is 2.43. The lowest BCUT2D eigenvalue weighted by Gasteiger charge is -2.29. The average Bonchev–Trinajstić information content (AvgIpc) is 3.45. The number of pyridine rings is 1. The Morgan fingerprint density at radius 1 is 1.00 bits per heavy atom. The van der Waals surface area contributed by atoms with E-state index in [0.717, 1.165) is 42.3 Å². The Morgan fingerprint density at radius 2 is 1.73 bits per heavy atom. The lowest BCUT2D eigenvalue weighted by molar-refractivity contribution is 0.121. The summed E-state index contributed by atoms with van der Waals surface area (Å²) in [5, 5.41) is 14.2. The molecule has 41 heavy (non-hydrogen) atoms. The molecule has 2 aromatic heterocycles. The molecule has 9 heteroatoms. The number of aliphatic hydroxyl groups is 1. The molecule has 2 N–H and O–H groups in total. The van der Waals surface area contributed by atoms with Crippen molar-refractivity contribution in [3.05, 3.63) is 112 Å². The van der Waals surface area contributed by atoms with E-state index in [1.165, 1.54) is 0 Å². The summed E-state index contributed by atoms with van der Waals surface area (Å²) in [6.07, 6.45) is 1.65. The van der Waals surface area contributed by atoms with E-state index in [0.29, 0.717) is 56.1 Å². The van der Waals surface area contributed by atoms with Crippen LogP contribution in [0.5, 0.6) is 5.88 Å². The van der Waals surface area contributed by atoms with Gasteiger partial charge in [-0.25, -0.2) is 9.97 Å². The summed E-state index contributed by atoms with van der Waals surface area (Å²) in [6.45, 7) is 5.35. The second kappa shape index (κ2) is 12.0. The van der Waals surface area contributed by atoms with E-state index in [-0.39, 0.29) is 0 Å². The molecule has 0 amide bonds. The van der Waals surface area contributed by atoms with Crippen LogP contribution < -0.4 is 4.74 Å². The molecule has 6 rings (SSSR count). The van der Waals surface area contributed by atoms with Gasteiger partial charge in [-0.05, 0) is 47.9 Å². The van der Waals surface area contributed by atoms with Crippen molar-refractivity contribution in [2.75, 3.05) is 37.7 Å². The summed E-state index contributed by atoms with van der Waals surface area (Å²) < 4.78 is 6.31. The molecular formula is C32H30Cl2N4O2S. The third kappa shape index (κ3) is 5.70. The molecule has 1 atom stereocenters. The van der Waals surface area contributed by atoms with Crippen LogP contribution in [0.4, 0.5) is 0 Å². The number of rotatable bonds is 8. The van der Waals surface area contributed by atoms with Crippen molar-refractivity contribution < 1.29 is 9.84 Å². The molecule has 5 aromatic rings. The Morgan fingerprint density at radius 3 is 2.44 bits per heavy atom. The predicted molar refractivity (Wildman–Crippen MR) is 168 cm³/mol. The minimum atomic E-state index is -1.53. The molecule has 210 valence electrons. The number of imidazole rings is 1. The maximum absolute atomic E-state index is 12.4. The zero-order valence-corrected chi connectivity index (χ0v) is 24.9. The van der Waals surface area contributed by atoms with Crippen LogP contribution in [0.25, 0.3) is 22.0 Å². The van der Waals surface area contributed by atoms with E-state index in [1.54, 1.807) is 18.3 Å². The normalized spacial score (nSPS) is 15.6. The van der Waals surface area contributed by atoms with Crippen LogP contribution in [-0.2, 0) is 5.60 Å². The molecule has 1 aliphatic rings. The van der Waals surface area contributed by atoms with Gasteiger partial charge in [-0.3, -0.25) is 4.90 Å². The van der Waals surface area contributed by atoms with Gasteiger partial charge in [0, 0.05) is 41.5 Å². The summed E-state index contributed by atoms with van der Waals surface area (Å²) in [6, 6.07) is 22.7. The van der Waals surface area contributed by atoms with Crippen molar-refractivity contribution in [1.82, 2.24) is 19.9 Å². The van der Waals surface area contributed by atoms with Crippen LogP contribution >= 0.6 is 35.0 Å². The minimum Gasteiger partial charge on any atom is -0.476 e. The number of nitrogens with zero attached hydrogens (tertiary/aromatic N) is 3. The number of H-pyrrole nitrogens is 1. The van der Waals surface area contributed by atoms with Gasteiger partial charge in [0.1, 0.15) is 12.4 Å². The summed E-state index contributed by atoms with van der Waals surface area (Å²) in [7, 11) is 0. The number of aromatic nitrogens is 3. The van der Waals surface area contributed by atoms with Gasteiger partial charge in [-0.2, -0.15) is 11.8 Å². The number of halogens is 2. The second-order valence-corrected chi connectivity index (χ2v) is 12.1. The van der Waals surface area contributed by atoms with Crippen LogP contribution in [0.3, 0.4) is 0 Å². The number of hydrogen-bond acceptors (Lipinski definition) is 6. The van der Waals surface area contributed by atoms with E-state index in [1.807, 2.05) is 79.3 Å². The van der Waals surface area contributed by atoms with E-state index in [9.17, 15) is 5.11 Å². The minimum absolute atomic E-state index is 0.505. The van der Waals surface area contributed by atoms with Gasteiger partial charge in [-0.1, -0.05) is 71.7 Å². The first-order chi connectivity index (χ1) is 19.9. The standard InChI is InChI=1S/C32H30Cl2N4O2S/c1-21-35-20-28(36-21)32(39,23-7-10-25(33)11-8-23)24-9-12-27-26(19-24)30(34)29(22-5-3-2-4-6-22)31(37-27)40-16-13-38-14-17-41-18-15-38/h2-12,19-20,39H,13-18H2,1H3,(H,35,36). The Bertz CT molecular complexity index is 1660. The Labute approximate surface area is 253 Å². The van der Waals surface area contributed by atoms with Crippen molar-refractivity contribution in [1.29, 1.82) is 0 Å². The Hall–Kier alpha value is -3.07. The lowest BCUT2D eigenvalue weighted by Crippen LogP contribution is -2.35. The molecule has 0 radical (unpaired) electrons. The molecule has 1 saturated heterocycles. The SMILES string of the molecule is Cc1ncc(C(O)(c2ccc(Cl)cc2)c2ccc3nc(OCCN4CCSCC4)c(-c4ccccc4)c(Cl)c3c2)[nH]1. The second-order valence-electron chi connectivity index (χ2n) is 10.1. The number of thioether (sulfide) groups is 1. The molecule has 3 aromatic carbocycles. The van der Waals surface area contributed by atoms with Gasteiger partial charge >= 0.3 is 0 Å². The van der Waals surface area contributed by atoms with E-state index < -0.39 is 5.60 Å². The van der Waals surface area contributed by atoms with E-state index in [4.69, 9.17) is 32.9 Å². The lowest BCUT2D eigenvalue weighted by atomic mass is 9.83. The fourth-order valence-corrected chi connectivity index (χ4v) is 6.70. The molecule has 6 nitrogen and oxygen atoms in total. The predicted octanol–water partition coefficient (Wildman–Crippen LogP) is 6.95. The Kier molecular flexibility index (Phi) is 8.24. The number of hydrogen-bond donors (Lipinski definition) is 2. The van der Waals surface area contributed by atoms with Crippen molar-refractivity contribution in [3.63, 3.8) is 0 Å². The third-order valence-electron chi connectivity index (χ3n) is 7.47. The van der Waals surface area contributed by atoms with Gasteiger partial charge in [0.15, 0.2) is 5.60 Å². The largest absolute Gasteiger partial charge is 0.476 e. The molecular weight excluding hydrogens is 575 g/mol. The number of aryl methyl sites for hydroxylation is 1. The van der Waals surface area contributed by atoms with Gasteiger partial charge < -0.3 is 14.8 Å². The van der Waals surface area contributed by atoms with Crippen LogP contribution in [0.15, 0.2) is 79.0 Å². The molecule has 1 fully saturated rings. The highest BCUT2D eigenvalue weighted by molar-refractivity contribution is 7.99. The summed E-state index contributed by atoms with van der Waals surface area (Å²) in [5.41, 5.74) is 2.61. The quantitative estimate of drug-likeness (QED) is 0.199. The van der Waals surface area contributed by atoms with E-state index in [2.05, 4.69) is 14.9 Å². The molecule has 0 saturated carbocycles. The topological polar surface area (TPSA) is 74.3 Å². The van der Waals surface area contributed by atoms with Crippen LogP contribution in [0.1, 0.15) is 22.6 Å². The monoisotopic (exact) mass is 604 g/mol. The first kappa shape index (κ1) is 28.1. The fourth-order valence-electron chi connectivity index (χ4n) is 5.26. The van der Waals surface area contributed by atoms with Crippen molar-refractivity contribution in [3.8, 4) is 17.0 Å². The number of benzene rings is 3. The number of ether oxygens (including phenoxy) is 1. The van der Waals surface area contributed by atoms with Crippen LogP contribution in [0.2, 0.25) is 10.0 Å². The average molecular weight is 606 g/mol. The molecule has 0 bridgehead atoms. The third-order valence-corrected chi connectivity index (χ3v) is 9.06. The van der Waals surface area contributed by atoms with E-state index >= 15 is 0 Å². The van der Waals surface area contributed by atoms with Gasteiger partial charge in [0.2, 0.25) is 5.88 Å². The molecule has 1 unspecified atom stereocenters. The number of nitrogens with one attached hydrogen (secondary N) is 1. The number of aromatic amines is 1. The van der Waals surface area contributed by atoms with Crippen molar-refractivity contribution >= 4 is 45.9 Å². The first-order valence-corrected chi connectivity index (χ1v) is 15.5. The number of fused-ring (bicyclic) bond motifs is 1. The van der Waals surface area contributed by atoms with Gasteiger partial charge in [0.05, 0.1) is 28.0 Å². The summed E-state index contributed by atoms with van der Waals surface area (Å²) in [4.78, 5) is 14.9. The maximum atomic E-state index is 12.4. The summed E-state index contributed by atoms with van der Waals surface area (Å²) in [5.74, 6) is 3.50. The van der Waals surface area contributed by atoms with Gasteiger partial charge in [-0.15, -0.1) is 0 Å². The summed E-state index contributed by atoms with van der Waals surface area (Å²) >= 11 is 15.4. The highest BCUT2D eigenvalue weighted by Gasteiger charge is 2.36. The molecule has 3 heterocycles. The van der Waals surface area contributed by atoms with Crippen molar-refractivity contribution in [2.45, 2.75) is 12.5 Å². The molecule has 0 aliphatic carbocycles. The highest BCUT2D eigenvalue weighted by atomic mass is 35.5. The fraction of sp³-hybridized carbons (Fsp3) is 0.250. The zero-order chi connectivity index (χ0) is 28.4. The molecule has 0 spiro atoms. The van der Waals surface area contributed by atoms with Gasteiger partial charge in [0.25, 0.3) is 0 Å². The first-order valence-electron chi connectivity index (χ1n) is 13.6.